The SMILES string of the molecule is Cn1c(SCc2nc(-c3ccc(Cl)cc3)no2)nnc1C1COc2ccccc2O1. The zero-order valence-electron chi connectivity index (χ0n) is 15.9. The number of benzene rings is 2. The standard InChI is InChI=1S/C20H16ClN5O3S/c1-26-19(16-10-27-14-4-2-3-5-15(14)28-16)23-24-20(26)30-11-17-22-18(25-29-17)12-6-8-13(21)9-7-12/h2-9,16H,10-11H2,1H3. The van der Waals surface area contributed by atoms with Crippen LogP contribution in [0.4, 0.5) is 0 Å². The predicted octanol–water partition coefficient (Wildman–Crippen LogP) is 4.32. The highest BCUT2D eigenvalue weighted by atomic mass is 35.5. The molecule has 152 valence electrons. The van der Waals surface area contributed by atoms with Crippen molar-refractivity contribution < 1.29 is 14.0 Å². The molecule has 10 heteroatoms. The summed E-state index contributed by atoms with van der Waals surface area (Å²) in [5.41, 5.74) is 0.843. The molecular weight excluding hydrogens is 426 g/mol. The fourth-order valence-corrected chi connectivity index (χ4v) is 3.92. The zero-order valence-corrected chi connectivity index (χ0v) is 17.4. The minimum Gasteiger partial charge on any atom is -0.485 e. The molecule has 4 aromatic rings. The second-order valence-corrected chi connectivity index (χ2v) is 7.95. The molecule has 0 N–H and O–H groups in total. The van der Waals surface area contributed by atoms with Crippen LogP contribution in [0.2, 0.25) is 5.02 Å². The Morgan fingerprint density at radius 2 is 1.90 bits per heavy atom. The van der Waals surface area contributed by atoms with Crippen LogP contribution in [0, 0.1) is 0 Å². The molecule has 3 heterocycles. The molecule has 0 fully saturated rings. The summed E-state index contributed by atoms with van der Waals surface area (Å²) in [4.78, 5) is 4.43. The molecule has 1 unspecified atom stereocenters. The summed E-state index contributed by atoms with van der Waals surface area (Å²) in [7, 11) is 1.90. The van der Waals surface area contributed by atoms with Gasteiger partial charge in [-0.25, -0.2) is 0 Å². The second kappa shape index (κ2) is 8.00. The van der Waals surface area contributed by atoms with Crippen LogP contribution in [0.1, 0.15) is 17.8 Å². The quantitative estimate of drug-likeness (QED) is 0.423. The van der Waals surface area contributed by atoms with Gasteiger partial charge in [-0.05, 0) is 36.4 Å². The predicted molar refractivity (Wildman–Crippen MR) is 111 cm³/mol. The van der Waals surface area contributed by atoms with Gasteiger partial charge in [-0.15, -0.1) is 10.2 Å². The number of thioether (sulfide) groups is 1. The van der Waals surface area contributed by atoms with Crippen LogP contribution in [0.15, 0.2) is 58.2 Å². The monoisotopic (exact) mass is 441 g/mol. The van der Waals surface area contributed by atoms with Gasteiger partial charge in [-0.3, -0.25) is 0 Å². The molecule has 0 amide bonds. The fourth-order valence-electron chi connectivity index (χ4n) is 3.03. The van der Waals surface area contributed by atoms with Crippen molar-refractivity contribution in [3.8, 4) is 22.9 Å². The number of fused-ring (bicyclic) bond motifs is 1. The summed E-state index contributed by atoms with van der Waals surface area (Å²) in [5.74, 6) is 3.62. The van der Waals surface area contributed by atoms with E-state index < -0.39 is 0 Å². The van der Waals surface area contributed by atoms with E-state index in [1.807, 2.05) is 48.0 Å². The summed E-state index contributed by atoms with van der Waals surface area (Å²) in [6.07, 6.45) is -0.327. The minimum atomic E-state index is -0.327. The molecule has 0 spiro atoms. The summed E-state index contributed by atoms with van der Waals surface area (Å²) in [6.45, 7) is 0.377. The van der Waals surface area contributed by atoms with Gasteiger partial charge in [-0.1, -0.05) is 40.7 Å². The number of aromatic nitrogens is 5. The summed E-state index contributed by atoms with van der Waals surface area (Å²) >= 11 is 7.38. The number of hydrogen-bond donors (Lipinski definition) is 0. The molecule has 2 aromatic carbocycles. The van der Waals surface area contributed by atoms with E-state index in [-0.39, 0.29) is 6.10 Å². The molecule has 0 radical (unpaired) electrons. The van der Waals surface area contributed by atoms with E-state index in [1.165, 1.54) is 11.8 Å². The maximum atomic E-state index is 6.03. The maximum Gasteiger partial charge on any atom is 0.237 e. The molecule has 0 saturated heterocycles. The summed E-state index contributed by atoms with van der Waals surface area (Å²) in [6, 6.07) is 14.9. The molecule has 30 heavy (non-hydrogen) atoms. The first-order valence-electron chi connectivity index (χ1n) is 9.16. The van der Waals surface area contributed by atoms with E-state index in [2.05, 4.69) is 20.3 Å². The molecule has 1 aliphatic heterocycles. The van der Waals surface area contributed by atoms with Crippen LogP contribution in [-0.2, 0) is 12.8 Å². The molecular formula is C20H16ClN5O3S. The van der Waals surface area contributed by atoms with E-state index in [4.69, 9.17) is 25.6 Å². The van der Waals surface area contributed by atoms with Gasteiger partial charge >= 0.3 is 0 Å². The number of para-hydroxylation sites is 2. The van der Waals surface area contributed by atoms with Gasteiger partial charge in [0, 0.05) is 17.6 Å². The van der Waals surface area contributed by atoms with Crippen LogP contribution in [0.5, 0.6) is 11.5 Å². The third-order valence-corrected chi connectivity index (χ3v) is 5.82. The van der Waals surface area contributed by atoms with Crippen molar-refractivity contribution in [3.05, 3.63) is 65.3 Å². The molecule has 1 aliphatic rings. The van der Waals surface area contributed by atoms with Crippen molar-refractivity contribution >= 4 is 23.4 Å². The third-order valence-electron chi connectivity index (χ3n) is 4.56. The van der Waals surface area contributed by atoms with Gasteiger partial charge in [0.15, 0.2) is 28.6 Å². The van der Waals surface area contributed by atoms with Crippen molar-refractivity contribution in [1.29, 1.82) is 0 Å². The number of rotatable bonds is 5. The Hall–Kier alpha value is -3.04. The van der Waals surface area contributed by atoms with E-state index >= 15 is 0 Å². The van der Waals surface area contributed by atoms with Gasteiger partial charge in [0.1, 0.15) is 6.61 Å². The number of ether oxygens (including phenoxy) is 2. The average molecular weight is 442 g/mol. The molecule has 0 aliphatic carbocycles. The van der Waals surface area contributed by atoms with E-state index in [1.54, 1.807) is 12.1 Å². The van der Waals surface area contributed by atoms with Gasteiger partial charge in [-0.2, -0.15) is 4.98 Å². The Morgan fingerprint density at radius 3 is 2.73 bits per heavy atom. The Kier molecular flexibility index (Phi) is 5.06. The van der Waals surface area contributed by atoms with Crippen LogP contribution < -0.4 is 9.47 Å². The van der Waals surface area contributed by atoms with Crippen molar-refractivity contribution in [2.24, 2.45) is 7.05 Å². The topological polar surface area (TPSA) is 88.1 Å². The molecule has 0 saturated carbocycles. The van der Waals surface area contributed by atoms with Gasteiger partial charge in [0.05, 0.1) is 5.75 Å². The Labute approximate surface area is 181 Å². The lowest BCUT2D eigenvalue weighted by Gasteiger charge is -2.25. The van der Waals surface area contributed by atoms with Crippen molar-refractivity contribution in [1.82, 2.24) is 24.9 Å². The lowest BCUT2D eigenvalue weighted by Crippen LogP contribution is -2.24. The molecule has 2 aromatic heterocycles. The largest absolute Gasteiger partial charge is 0.485 e. The summed E-state index contributed by atoms with van der Waals surface area (Å²) in [5, 5.41) is 14.0. The number of halogens is 1. The normalized spacial score (nSPS) is 15.3. The third kappa shape index (κ3) is 3.73. The van der Waals surface area contributed by atoms with Crippen molar-refractivity contribution in [2.45, 2.75) is 17.0 Å². The van der Waals surface area contributed by atoms with E-state index in [0.717, 1.165) is 16.5 Å². The average Bonchev–Trinajstić information content (AvgIpc) is 3.39. The van der Waals surface area contributed by atoms with Crippen molar-refractivity contribution in [2.75, 3.05) is 6.61 Å². The van der Waals surface area contributed by atoms with Gasteiger partial charge in [0.2, 0.25) is 11.7 Å². The van der Waals surface area contributed by atoms with Gasteiger partial charge < -0.3 is 18.6 Å². The molecule has 1 atom stereocenters. The second-order valence-electron chi connectivity index (χ2n) is 6.57. The van der Waals surface area contributed by atoms with Gasteiger partial charge in [0.25, 0.3) is 0 Å². The van der Waals surface area contributed by atoms with Crippen LogP contribution in [0.3, 0.4) is 0 Å². The Bertz CT molecular complexity index is 1180. The molecule has 0 bridgehead atoms. The van der Waals surface area contributed by atoms with Crippen LogP contribution in [0.25, 0.3) is 11.4 Å². The number of hydrogen-bond acceptors (Lipinski definition) is 8. The van der Waals surface area contributed by atoms with E-state index in [0.29, 0.717) is 40.7 Å². The number of nitrogens with zero attached hydrogens (tertiary/aromatic N) is 5. The molecule has 5 rings (SSSR count). The first-order chi connectivity index (χ1) is 14.7. The minimum absolute atomic E-state index is 0.327. The Balaban J connectivity index is 1.26. The Morgan fingerprint density at radius 1 is 1.10 bits per heavy atom. The molecule has 8 nitrogen and oxygen atoms in total. The van der Waals surface area contributed by atoms with Crippen LogP contribution >= 0.6 is 23.4 Å². The first kappa shape index (κ1) is 19.0. The maximum absolute atomic E-state index is 6.03. The lowest BCUT2D eigenvalue weighted by molar-refractivity contribution is 0.0825. The highest BCUT2D eigenvalue weighted by Gasteiger charge is 2.27. The zero-order chi connectivity index (χ0) is 20.5. The smallest absolute Gasteiger partial charge is 0.237 e. The first-order valence-corrected chi connectivity index (χ1v) is 10.5. The highest BCUT2D eigenvalue weighted by Crippen LogP contribution is 2.36. The fraction of sp³-hybridized carbons (Fsp3) is 0.200. The van der Waals surface area contributed by atoms with Crippen molar-refractivity contribution in [3.63, 3.8) is 0 Å². The summed E-state index contributed by atoms with van der Waals surface area (Å²) < 4.78 is 19.1. The van der Waals surface area contributed by atoms with Crippen LogP contribution in [-0.4, -0.2) is 31.5 Å². The van der Waals surface area contributed by atoms with E-state index in [9.17, 15) is 0 Å². The lowest BCUT2D eigenvalue weighted by atomic mass is 10.2. The highest BCUT2D eigenvalue weighted by molar-refractivity contribution is 7.98.